The molecule has 0 saturated carbocycles. The lowest BCUT2D eigenvalue weighted by Crippen LogP contribution is -2.13. The second-order valence-electron chi connectivity index (χ2n) is 4.35. The number of aromatic nitrogens is 2. The summed E-state index contributed by atoms with van der Waals surface area (Å²) in [7, 11) is -3.62. The minimum absolute atomic E-state index is 0.176. The normalized spacial score (nSPS) is 11.3. The number of sulfonamides is 1. The molecule has 0 radical (unpaired) electrons. The molecule has 0 bridgehead atoms. The monoisotopic (exact) mass is 295 g/mol. The first-order valence-electron chi connectivity index (χ1n) is 6.28. The highest BCUT2D eigenvalue weighted by molar-refractivity contribution is 7.92. The summed E-state index contributed by atoms with van der Waals surface area (Å²) in [6.07, 6.45) is 2.46. The fourth-order valence-corrected chi connectivity index (χ4v) is 2.67. The van der Waals surface area contributed by atoms with Crippen LogP contribution in [0.3, 0.4) is 0 Å². The third-order valence-corrected chi connectivity index (χ3v) is 4.04. The van der Waals surface area contributed by atoms with E-state index in [4.69, 9.17) is 4.74 Å². The Labute approximate surface area is 118 Å². The fraction of sp³-hybridized carbons (Fsp3) is 0.308. The molecule has 0 aliphatic rings. The van der Waals surface area contributed by atoms with E-state index in [0.717, 1.165) is 12.0 Å². The Morgan fingerprint density at radius 1 is 1.30 bits per heavy atom. The van der Waals surface area contributed by atoms with Gasteiger partial charge in [0.2, 0.25) is 0 Å². The Hall–Kier alpha value is -2.02. The van der Waals surface area contributed by atoms with Crippen LogP contribution in [0.1, 0.15) is 18.9 Å². The molecule has 0 saturated heterocycles. The van der Waals surface area contributed by atoms with Gasteiger partial charge in [0.15, 0.2) is 0 Å². The van der Waals surface area contributed by atoms with E-state index in [2.05, 4.69) is 14.9 Å². The van der Waals surface area contributed by atoms with Gasteiger partial charge in [0, 0.05) is 5.56 Å². The maximum Gasteiger partial charge on any atom is 0.263 e. The maximum atomic E-state index is 12.2. The lowest BCUT2D eigenvalue weighted by molar-refractivity contribution is 0.317. The summed E-state index contributed by atoms with van der Waals surface area (Å²) in [6, 6.07) is 6.31. The highest BCUT2D eigenvalue weighted by atomic mass is 32.2. The van der Waals surface area contributed by atoms with Crippen molar-refractivity contribution in [2.75, 3.05) is 11.3 Å². The number of hydrogen-bond donors (Lipinski definition) is 2. The average Bonchev–Trinajstić information content (AvgIpc) is 2.82. The Bertz CT molecular complexity index is 662. The molecule has 20 heavy (non-hydrogen) atoms. The number of benzene rings is 1. The van der Waals surface area contributed by atoms with Gasteiger partial charge < -0.3 is 4.74 Å². The summed E-state index contributed by atoms with van der Waals surface area (Å²) in [4.78, 5) is 0.176. The van der Waals surface area contributed by atoms with Gasteiger partial charge in [-0.2, -0.15) is 5.10 Å². The first-order valence-corrected chi connectivity index (χ1v) is 7.77. The van der Waals surface area contributed by atoms with Gasteiger partial charge in [-0.05, 0) is 37.6 Å². The van der Waals surface area contributed by atoms with Gasteiger partial charge in [0.05, 0.1) is 17.7 Å². The highest BCUT2D eigenvalue weighted by Crippen LogP contribution is 2.19. The summed E-state index contributed by atoms with van der Waals surface area (Å²) < 4.78 is 32.2. The molecule has 1 aromatic heterocycles. The number of hydrogen-bond acceptors (Lipinski definition) is 4. The molecule has 108 valence electrons. The second-order valence-corrected chi connectivity index (χ2v) is 6.04. The zero-order valence-electron chi connectivity index (χ0n) is 11.4. The third kappa shape index (κ3) is 3.30. The molecule has 2 rings (SSSR count). The second kappa shape index (κ2) is 5.96. The lowest BCUT2D eigenvalue weighted by Gasteiger charge is -2.08. The first-order chi connectivity index (χ1) is 9.53. The number of H-pyrrole nitrogens is 1. The van der Waals surface area contributed by atoms with Crippen molar-refractivity contribution in [1.29, 1.82) is 0 Å². The van der Waals surface area contributed by atoms with Gasteiger partial charge in [0.1, 0.15) is 11.6 Å². The highest BCUT2D eigenvalue weighted by Gasteiger charge is 2.16. The molecule has 0 aliphatic heterocycles. The standard InChI is InChI=1S/C13H17N3O3S/c1-3-8-19-11-4-6-12(7-5-11)20(17,18)16-13-10(2)9-14-15-13/h4-7,9H,3,8H2,1-2H3,(H2,14,15,16). The van der Waals surface area contributed by atoms with Gasteiger partial charge in [-0.1, -0.05) is 6.92 Å². The van der Waals surface area contributed by atoms with E-state index in [1.54, 1.807) is 25.3 Å². The predicted molar refractivity (Wildman–Crippen MR) is 76.4 cm³/mol. The van der Waals surface area contributed by atoms with Gasteiger partial charge >= 0.3 is 0 Å². The predicted octanol–water partition coefficient (Wildman–Crippen LogP) is 2.31. The fourth-order valence-electron chi connectivity index (χ4n) is 1.58. The van der Waals surface area contributed by atoms with Crippen molar-refractivity contribution in [3.63, 3.8) is 0 Å². The number of rotatable bonds is 6. The average molecular weight is 295 g/mol. The van der Waals surface area contributed by atoms with Crippen molar-refractivity contribution in [2.24, 2.45) is 0 Å². The number of anilines is 1. The number of aromatic amines is 1. The van der Waals surface area contributed by atoms with Gasteiger partial charge in [-0.3, -0.25) is 9.82 Å². The van der Waals surface area contributed by atoms with Crippen LogP contribution in [-0.2, 0) is 10.0 Å². The Morgan fingerprint density at radius 3 is 2.55 bits per heavy atom. The van der Waals surface area contributed by atoms with Crippen LogP contribution >= 0.6 is 0 Å². The molecule has 1 aromatic carbocycles. The quantitative estimate of drug-likeness (QED) is 0.856. The van der Waals surface area contributed by atoms with Crippen molar-refractivity contribution >= 4 is 15.8 Å². The molecule has 0 atom stereocenters. The zero-order valence-corrected chi connectivity index (χ0v) is 12.2. The minimum atomic E-state index is -3.62. The minimum Gasteiger partial charge on any atom is -0.494 e. The molecule has 7 heteroatoms. The van der Waals surface area contributed by atoms with Crippen molar-refractivity contribution < 1.29 is 13.2 Å². The maximum absolute atomic E-state index is 12.2. The SMILES string of the molecule is CCCOc1ccc(S(=O)(=O)Nc2[nH]ncc2C)cc1. The number of nitrogens with one attached hydrogen (secondary N) is 2. The van der Waals surface area contributed by atoms with E-state index in [-0.39, 0.29) is 4.90 Å². The van der Waals surface area contributed by atoms with Crippen LogP contribution in [-0.4, -0.2) is 25.2 Å². The van der Waals surface area contributed by atoms with E-state index >= 15 is 0 Å². The van der Waals surface area contributed by atoms with E-state index in [9.17, 15) is 8.42 Å². The molecular formula is C13H17N3O3S. The lowest BCUT2D eigenvalue weighted by atomic mass is 10.3. The van der Waals surface area contributed by atoms with Crippen LogP contribution in [0.4, 0.5) is 5.82 Å². The Balaban J connectivity index is 2.15. The third-order valence-electron chi connectivity index (χ3n) is 2.67. The molecular weight excluding hydrogens is 278 g/mol. The number of nitrogens with zero attached hydrogens (tertiary/aromatic N) is 1. The van der Waals surface area contributed by atoms with Crippen LogP contribution < -0.4 is 9.46 Å². The van der Waals surface area contributed by atoms with Crippen molar-refractivity contribution in [1.82, 2.24) is 10.2 Å². The van der Waals surface area contributed by atoms with E-state index in [1.807, 2.05) is 6.92 Å². The zero-order chi connectivity index (χ0) is 14.6. The van der Waals surface area contributed by atoms with Crippen molar-refractivity contribution in [3.05, 3.63) is 36.0 Å². The molecule has 2 aromatic rings. The number of ether oxygens (including phenoxy) is 1. The molecule has 0 amide bonds. The summed E-state index contributed by atoms with van der Waals surface area (Å²) in [6.45, 7) is 4.39. The Morgan fingerprint density at radius 2 is 2.00 bits per heavy atom. The molecule has 0 spiro atoms. The van der Waals surface area contributed by atoms with Crippen LogP contribution in [0.25, 0.3) is 0 Å². The van der Waals surface area contributed by atoms with Crippen LogP contribution in [0, 0.1) is 6.92 Å². The summed E-state index contributed by atoms with van der Waals surface area (Å²) in [5.74, 6) is 1.03. The topological polar surface area (TPSA) is 84.1 Å². The van der Waals surface area contributed by atoms with Crippen molar-refractivity contribution in [2.45, 2.75) is 25.2 Å². The molecule has 2 N–H and O–H groups in total. The van der Waals surface area contributed by atoms with E-state index in [0.29, 0.717) is 18.2 Å². The van der Waals surface area contributed by atoms with Crippen molar-refractivity contribution in [3.8, 4) is 5.75 Å². The number of aryl methyl sites for hydroxylation is 1. The van der Waals surface area contributed by atoms with E-state index in [1.165, 1.54) is 12.1 Å². The molecule has 0 fully saturated rings. The van der Waals surface area contributed by atoms with Crippen LogP contribution in [0.15, 0.2) is 35.4 Å². The first kappa shape index (κ1) is 14.4. The molecule has 1 heterocycles. The van der Waals surface area contributed by atoms with Gasteiger partial charge in [-0.15, -0.1) is 0 Å². The largest absolute Gasteiger partial charge is 0.494 e. The van der Waals surface area contributed by atoms with Crippen LogP contribution in [0.2, 0.25) is 0 Å². The summed E-state index contributed by atoms with van der Waals surface area (Å²) >= 11 is 0. The smallest absolute Gasteiger partial charge is 0.263 e. The van der Waals surface area contributed by atoms with Crippen LogP contribution in [0.5, 0.6) is 5.75 Å². The summed E-state index contributed by atoms with van der Waals surface area (Å²) in [5, 5.41) is 6.38. The molecule has 6 nitrogen and oxygen atoms in total. The van der Waals surface area contributed by atoms with E-state index < -0.39 is 10.0 Å². The van der Waals surface area contributed by atoms with Gasteiger partial charge in [-0.25, -0.2) is 8.42 Å². The summed E-state index contributed by atoms with van der Waals surface area (Å²) in [5.41, 5.74) is 0.733. The molecule has 0 unspecified atom stereocenters. The van der Waals surface area contributed by atoms with Gasteiger partial charge in [0.25, 0.3) is 10.0 Å². The Kier molecular flexibility index (Phi) is 4.29. The molecule has 0 aliphatic carbocycles.